The van der Waals surface area contributed by atoms with Crippen molar-refractivity contribution in [2.75, 3.05) is 12.9 Å². The van der Waals surface area contributed by atoms with E-state index in [2.05, 4.69) is 5.10 Å². The summed E-state index contributed by atoms with van der Waals surface area (Å²) < 4.78 is 32.3. The first-order chi connectivity index (χ1) is 18.5. The molecule has 9 nitrogen and oxygen atoms in total. The van der Waals surface area contributed by atoms with Crippen molar-refractivity contribution >= 4 is 44.0 Å². The van der Waals surface area contributed by atoms with Gasteiger partial charge in [-0.05, 0) is 42.5 Å². The molecule has 39 heavy (non-hydrogen) atoms. The van der Waals surface area contributed by atoms with Crippen LogP contribution in [0.4, 0.5) is 0 Å². The van der Waals surface area contributed by atoms with E-state index in [1.807, 2.05) is 37.3 Å². The van der Waals surface area contributed by atoms with Gasteiger partial charge < -0.3 is 4.74 Å². The van der Waals surface area contributed by atoms with Crippen molar-refractivity contribution < 1.29 is 22.7 Å². The number of Topliss-reactive ketones (excluding diaryl/α,β-unsaturated/α-hetero) is 1. The predicted octanol–water partition coefficient (Wildman–Crippen LogP) is 4.52. The summed E-state index contributed by atoms with van der Waals surface area (Å²) in [5, 5.41) is 5.43. The van der Waals surface area contributed by atoms with Gasteiger partial charge in [-0.2, -0.15) is 5.10 Å². The maximum absolute atomic E-state index is 13.8. The van der Waals surface area contributed by atoms with Crippen LogP contribution in [0.3, 0.4) is 0 Å². The Labute approximate surface area is 230 Å². The van der Waals surface area contributed by atoms with E-state index >= 15 is 0 Å². The number of halogens is 1. The number of sulfone groups is 1. The molecule has 0 bridgehead atoms. The summed E-state index contributed by atoms with van der Waals surface area (Å²) in [6.45, 7) is 3.03. The quantitative estimate of drug-likeness (QED) is 0.204. The van der Waals surface area contributed by atoms with Crippen molar-refractivity contribution in [2.45, 2.75) is 44.8 Å². The average molecular weight is 570 g/mol. The van der Waals surface area contributed by atoms with E-state index in [0.29, 0.717) is 27.8 Å². The molecule has 0 radical (unpaired) electrons. The third kappa shape index (κ3) is 5.97. The second kappa shape index (κ2) is 11.5. The topological polar surface area (TPSA) is 117 Å². The third-order valence-electron chi connectivity index (χ3n) is 6.11. The molecule has 0 aliphatic rings. The Morgan fingerprint density at radius 1 is 1.03 bits per heavy atom. The van der Waals surface area contributed by atoms with Crippen LogP contribution in [-0.2, 0) is 32.5 Å². The molecule has 0 N–H and O–H groups in total. The van der Waals surface area contributed by atoms with Gasteiger partial charge in [0.05, 0.1) is 24.5 Å². The number of esters is 1. The molecule has 4 aromatic rings. The molecule has 0 fully saturated rings. The van der Waals surface area contributed by atoms with Gasteiger partial charge in [0.2, 0.25) is 0 Å². The summed E-state index contributed by atoms with van der Waals surface area (Å²) >= 11 is 6.32. The minimum atomic E-state index is -3.78. The Bertz CT molecular complexity index is 1730. The van der Waals surface area contributed by atoms with Gasteiger partial charge in [0.25, 0.3) is 5.56 Å². The molecule has 11 heteroatoms. The predicted molar refractivity (Wildman–Crippen MR) is 149 cm³/mol. The van der Waals surface area contributed by atoms with Gasteiger partial charge in [0, 0.05) is 34.7 Å². The lowest BCUT2D eigenvalue weighted by atomic mass is 9.94. The summed E-state index contributed by atoms with van der Waals surface area (Å²) in [5.74, 6) is -0.897. The van der Waals surface area contributed by atoms with Gasteiger partial charge in [-0.3, -0.25) is 19.0 Å². The smallest absolute Gasteiger partial charge is 0.327 e. The lowest BCUT2D eigenvalue weighted by Gasteiger charge is -2.19. The largest absolute Gasteiger partial charge is 0.465 e. The van der Waals surface area contributed by atoms with E-state index in [1.54, 1.807) is 25.1 Å². The maximum Gasteiger partial charge on any atom is 0.327 e. The van der Waals surface area contributed by atoms with Gasteiger partial charge in [-0.15, -0.1) is 0 Å². The highest BCUT2D eigenvalue weighted by molar-refractivity contribution is 7.90. The fraction of sp³-hybridized carbons (Fsp3) is 0.286. The number of fused-ring (bicyclic) bond motifs is 1. The lowest BCUT2D eigenvalue weighted by molar-refractivity contribution is -0.144. The molecule has 0 amide bonds. The van der Waals surface area contributed by atoms with Crippen molar-refractivity contribution in [3.05, 3.63) is 81.4 Å². The molecule has 0 aliphatic carbocycles. The average Bonchev–Trinajstić information content (AvgIpc) is 3.28. The second-order valence-electron chi connectivity index (χ2n) is 9.05. The zero-order valence-corrected chi connectivity index (χ0v) is 23.4. The highest BCUT2D eigenvalue weighted by Crippen LogP contribution is 2.33. The number of ketones is 1. The Morgan fingerprint density at radius 2 is 1.74 bits per heavy atom. The van der Waals surface area contributed by atoms with Crippen molar-refractivity contribution in [2.24, 2.45) is 0 Å². The second-order valence-corrected chi connectivity index (χ2v) is 11.5. The Hall–Kier alpha value is -3.76. The number of hydrogen-bond donors (Lipinski definition) is 0. The summed E-state index contributed by atoms with van der Waals surface area (Å²) in [5.41, 5.74) is 1.22. The first kappa shape index (κ1) is 28.3. The van der Waals surface area contributed by atoms with Crippen molar-refractivity contribution in [1.29, 1.82) is 0 Å². The van der Waals surface area contributed by atoms with Crippen molar-refractivity contribution in [1.82, 2.24) is 14.3 Å². The lowest BCUT2D eigenvalue weighted by Crippen LogP contribution is -2.28. The number of aromatic nitrogens is 3. The Morgan fingerprint density at radius 3 is 2.38 bits per heavy atom. The van der Waals surface area contributed by atoms with E-state index in [0.717, 1.165) is 16.5 Å². The van der Waals surface area contributed by atoms with Gasteiger partial charge in [0.1, 0.15) is 6.54 Å². The number of carbonyl (C=O) groups is 2. The normalized spacial score (nSPS) is 11.6. The van der Waals surface area contributed by atoms with Gasteiger partial charge in [-0.1, -0.05) is 48.9 Å². The first-order valence-corrected chi connectivity index (χ1v) is 14.7. The van der Waals surface area contributed by atoms with Crippen molar-refractivity contribution in [3.63, 3.8) is 0 Å². The monoisotopic (exact) mass is 569 g/mol. The number of hydrogen-bond acceptors (Lipinski definition) is 7. The summed E-state index contributed by atoms with van der Waals surface area (Å²) in [6.07, 6.45) is 1.75. The third-order valence-corrected chi connectivity index (χ3v) is 7.44. The number of rotatable bonds is 10. The number of ether oxygens (including phenoxy) is 1. The molecule has 0 atom stereocenters. The van der Waals surface area contributed by atoms with Gasteiger partial charge in [-0.25, -0.2) is 13.1 Å². The molecule has 0 aliphatic heterocycles. The Balaban J connectivity index is 2.00. The molecule has 4 rings (SSSR count). The molecule has 0 unspecified atom stereocenters. The molecule has 0 saturated heterocycles. The molecule has 0 spiro atoms. The Kier molecular flexibility index (Phi) is 8.36. The van der Waals surface area contributed by atoms with Crippen LogP contribution in [0.25, 0.3) is 21.9 Å². The van der Waals surface area contributed by atoms with E-state index in [-0.39, 0.29) is 41.8 Å². The number of pyridine rings is 1. The summed E-state index contributed by atoms with van der Waals surface area (Å²) in [4.78, 5) is 39.6. The minimum absolute atomic E-state index is 0.128. The van der Waals surface area contributed by atoms with Crippen molar-refractivity contribution in [3.8, 4) is 11.1 Å². The molecule has 2 aromatic carbocycles. The van der Waals surface area contributed by atoms with Crippen LogP contribution in [0.5, 0.6) is 0 Å². The van der Waals surface area contributed by atoms with Gasteiger partial charge in [0.15, 0.2) is 20.6 Å². The van der Waals surface area contributed by atoms with E-state index in [4.69, 9.17) is 16.3 Å². The summed E-state index contributed by atoms with van der Waals surface area (Å²) in [7, 11) is -3.78. The van der Waals surface area contributed by atoms with Crippen LogP contribution >= 0.6 is 11.6 Å². The highest BCUT2D eigenvalue weighted by atomic mass is 35.5. The van der Waals surface area contributed by atoms with Crippen LogP contribution < -0.4 is 5.56 Å². The summed E-state index contributed by atoms with van der Waals surface area (Å²) in [6, 6.07) is 15.4. The zero-order chi connectivity index (χ0) is 28.3. The molecular formula is C28H28ClN3O6S. The van der Waals surface area contributed by atoms with Gasteiger partial charge >= 0.3 is 5.97 Å². The molecule has 204 valence electrons. The first-order valence-electron chi connectivity index (χ1n) is 12.4. The standard InChI is InChI=1S/C28H28ClN3O6S/c1-4-9-23(33)27-26(18-10-7-6-8-11-18)22-14-19(29)12-13-21(22)28(35)31(27)16-20-15-24(39(3,36)37)32(30-20)17-25(34)38-5-2/h6-8,10-15H,4-5,9,16-17H2,1-3H3. The van der Waals surface area contributed by atoms with Crippen LogP contribution in [0.15, 0.2) is 64.4 Å². The van der Waals surface area contributed by atoms with Crippen LogP contribution in [0, 0.1) is 0 Å². The molecular weight excluding hydrogens is 542 g/mol. The van der Waals surface area contributed by atoms with E-state index in [9.17, 15) is 22.8 Å². The van der Waals surface area contributed by atoms with Crippen LogP contribution in [-0.4, -0.2) is 47.4 Å². The maximum atomic E-state index is 13.8. The van der Waals surface area contributed by atoms with E-state index < -0.39 is 27.9 Å². The minimum Gasteiger partial charge on any atom is -0.465 e. The molecule has 0 saturated carbocycles. The number of nitrogens with zero attached hydrogens (tertiary/aromatic N) is 3. The fourth-order valence-corrected chi connectivity index (χ4v) is 5.54. The molecule has 2 heterocycles. The van der Waals surface area contributed by atoms with Crippen LogP contribution in [0.1, 0.15) is 42.9 Å². The fourth-order valence-electron chi connectivity index (χ4n) is 4.53. The van der Waals surface area contributed by atoms with E-state index in [1.165, 1.54) is 10.6 Å². The molecule has 2 aromatic heterocycles. The zero-order valence-electron chi connectivity index (χ0n) is 21.8. The van der Waals surface area contributed by atoms with Crippen LogP contribution in [0.2, 0.25) is 5.02 Å². The SMILES string of the molecule is CCCC(=O)c1c(-c2ccccc2)c2cc(Cl)ccc2c(=O)n1Cc1cc(S(C)(=O)=O)n(CC(=O)OCC)n1. The number of carbonyl (C=O) groups excluding carboxylic acids is 2. The highest BCUT2D eigenvalue weighted by Gasteiger charge is 2.25. The number of benzene rings is 2.